The van der Waals surface area contributed by atoms with Gasteiger partial charge in [-0.3, -0.25) is 4.79 Å². The summed E-state index contributed by atoms with van der Waals surface area (Å²) in [5, 5.41) is 14.9. The summed E-state index contributed by atoms with van der Waals surface area (Å²) in [4.78, 5) is 21.5. The van der Waals surface area contributed by atoms with Gasteiger partial charge in [-0.15, -0.1) is 0 Å². The summed E-state index contributed by atoms with van der Waals surface area (Å²) in [7, 11) is 0. The number of aromatic nitrogens is 4. The van der Waals surface area contributed by atoms with Crippen LogP contribution >= 0.6 is 0 Å². The molecule has 1 amide bonds. The third kappa shape index (κ3) is 5.01. The number of hydrogen-bond donors (Lipinski definition) is 2. The molecule has 3 aromatic heterocycles. The van der Waals surface area contributed by atoms with Crippen molar-refractivity contribution in [2.75, 3.05) is 13.1 Å². The number of benzene rings is 1. The van der Waals surface area contributed by atoms with Crippen molar-refractivity contribution in [1.29, 1.82) is 0 Å². The summed E-state index contributed by atoms with van der Waals surface area (Å²) >= 11 is 0. The summed E-state index contributed by atoms with van der Waals surface area (Å²) < 4.78 is 42.7. The van der Waals surface area contributed by atoms with Gasteiger partial charge in [-0.1, -0.05) is 19.9 Å². The van der Waals surface area contributed by atoms with Gasteiger partial charge in [0.05, 0.1) is 17.7 Å². The highest BCUT2D eigenvalue weighted by Crippen LogP contribution is 2.40. The van der Waals surface area contributed by atoms with Gasteiger partial charge in [-0.25, -0.2) is 9.50 Å². The van der Waals surface area contributed by atoms with E-state index in [1.54, 1.807) is 20.0 Å². The Bertz CT molecular complexity index is 1490. The number of nitrogens with one attached hydrogen (secondary N) is 1. The van der Waals surface area contributed by atoms with E-state index in [-0.39, 0.29) is 29.8 Å². The van der Waals surface area contributed by atoms with Gasteiger partial charge < -0.3 is 15.0 Å². The van der Waals surface area contributed by atoms with Crippen LogP contribution in [0.3, 0.4) is 0 Å². The number of amides is 1. The Morgan fingerprint density at radius 1 is 1.18 bits per heavy atom. The number of fused-ring (bicyclic) bond motifs is 2. The van der Waals surface area contributed by atoms with Gasteiger partial charge in [-0.05, 0) is 67.9 Å². The third-order valence-electron chi connectivity index (χ3n) is 7.31. The van der Waals surface area contributed by atoms with E-state index < -0.39 is 17.3 Å². The van der Waals surface area contributed by atoms with Crippen LogP contribution in [-0.4, -0.2) is 54.2 Å². The fraction of sp³-hybridized carbons (Fsp3) is 0.464. The molecule has 7 nitrogen and oxygen atoms in total. The van der Waals surface area contributed by atoms with Gasteiger partial charge in [-0.2, -0.15) is 18.3 Å². The number of halogens is 3. The Balaban J connectivity index is 1.49. The molecule has 0 spiro atoms. The quantitative estimate of drug-likeness (QED) is 0.339. The standard InChI is InChI=1S/C28H32F3N5O2/c1-16(2)24-20-11-18(17-7-9-35(10-8-17)23(37)13-27(3,4)38)5-6-22(20)34-25(24)19-12-21(28(29,30)31)26-32-15-33-36(26)14-19/h5-6,11-12,14-17,34,38H,7-10,13H2,1-4H3. The van der Waals surface area contributed by atoms with Crippen molar-refractivity contribution >= 4 is 22.5 Å². The first-order valence-corrected chi connectivity index (χ1v) is 12.9. The van der Waals surface area contributed by atoms with Crippen LogP contribution in [0.15, 0.2) is 36.8 Å². The fourth-order valence-electron chi connectivity index (χ4n) is 5.53. The zero-order valence-corrected chi connectivity index (χ0v) is 21.9. The molecule has 0 saturated carbocycles. The van der Waals surface area contributed by atoms with Crippen LogP contribution in [0, 0.1) is 0 Å². The molecule has 5 rings (SSSR count). The van der Waals surface area contributed by atoms with Gasteiger partial charge in [0.2, 0.25) is 5.91 Å². The Labute approximate surface area is 218 Å². The fourth-order valence-corrected chi connectivity index (χ4v) is 5.53. The molecular weight excluding hydrogens is 495 g/mol. The number of alkyl halides is 3. The van der Waals surface area contributed by atoms with E-state index in [0.29, 0.717) is 24.3 Å². The topological polar surface area (TPSA) is 86.5 Å². The highest BCUT2D eigenvalue weighted by Gasteiger charge is 2.35. The summed E-state index contributed by atoms with van der Waals surface area (Å²) in [6, 6.07) is 7.34. The zero-order chi connectivity index (χ0) is 27.4. The predicted molar refractivity (Wildman–Crippen MR) is 139 cm³/mol. The Hall–Kier alpha value is -3.40. The SMILES string of the molecule is CC(C)c1c(-c2cc(C(F)(F)F)c3ncnn3c2)[nH]c2ccc(C3CCN(C(=O)CC(C)(C)O)CC3)cc12. The molecule has 1 aliphatic heterocycles. The molecule has 0 bridgehead atoms. The van der Waals surface area contributed by atoms with E-state index in [9.17, 15) is 23.1 Å². The van der Waals surface area contributed by atoms with Crippen molar-refractivity contribution in [2.24, 2.45) is 0 Å². The lowest BCUT2D eigenvalue weighted by Crippen LogP contribution is -2.41. The summed E-state index contributed by atoms with van der Waals surface area (Å²) in [6.07, 6.45) is -0.132. The van der Waals surface area contributed by atoms with E-state index in [2.05, 4.69) is 27.2 Å². The molecule has 202 valence electrons. The van der Waals surface area contributed by atoms with Gasteiger partial charge in [0.1, 0.15) is 11.9 Å². The van der Waals surface area contributed by atoms with E-state index in [1.807, 2.05) is 24.8 Å². The minimum Gasteiger partial charge on any atom is -0.390 e. The lowest BCUT2D eigenvalue weighted by molar-refractivity contribution is -0.137. The summed E-state index contributed by atoms with van der Waals surface area (Å²) in [5.74, 6) is 0.287. The number of piperidine rings is 1. The second-order valence-corrected chi connectivity index (χ2v) is 11.2. The number of H-pyrrole nitrogens is 1. The Morgan fingerprint density at radius 2 is 1.89 bits per heavy atom. The number of aromatic amines is 1. The van der Waals surface area contributed by atoms with Crippen molar-refractivity contribution in [3.05, 3.63) is 53.5 Å². The first-order valence-electron chi connectivity index (χ1n) is 12.9. The Morgan fingerprint density at radius 3 is 2.53 bits per heavy atom. The number of pyridine rings is 1. The van der Waals surface area contributed by atoms with E-state index in [1.165, 1.54) is 4.52 Å². The molecule has 1 aliphatic rings. The third-order valence-corrected chi connectivity index (χ3v) is 7.31. The molecule has 0 radical (unpaired) electrons. The first kappa shape index (κ1) is 26.2. The minimum absolute atomic E-state index is 0.0358. The van der Waals surface area contributed by atoms with Crippen LogP contribution in [0.4, 0.5) is 13.2 Å². The van der Waals surface area contributed by atoms with Crippen molar-refractivity contribution < 1.29 is 23.1 Å². The summed E-state index contributed by atoms with van der Waals surface area (Å²) in [6.45, 7) is 8.60. The highest BCUT2D eigenvalue weighted by molar-refractivity contribution is 5.92. The maximum Gasteiger partial charge on any atom is 0.420 e. The lowest BCUT2D eigenvalue weighted by Gasteiger charge is -2.33. The van der Waals surface area contributed by atoms with Gasteiger partial charge in [0.25, 0.3) is 0 Å². The number of rotatable bonds is 5. The average Bonchev–Trinajstić information content (AvgIpc) is 3.46. The number of likely N-dealkylation sites (tertiary alicyclic amines) is 1. The second kappa shape index (κ2) is 9.41. The first-order chi connectivity index (χ1) is 17.8. The molecule has 38 heavy (non-hydrogen) atoms. The molecule has 1 fully saturated rings. The number of carbonyl (C=O) groups excluding carboxylic acids is 1. The van der Waals surface area contributed by atoms with Crippen LogP contribution in [-0.2, 0) is 11.0 Å². The van der Waals surface area contributed by atoms with Crippen molar-refractivity contribution in [2.45, 2.75) is 70.6 Å². The molecule has 4 heterocycles. The number of carbonyl (C=O) groups is 1. The van der Waals surface area contributed by atoms with Crippen LogP contribution in [0.5, 0.6) is 0 Å². The molecule has 4 aromatic rings. The molecular formula is C28H32F3N5O2. The van der Waals surface area contributed by atoms with Crippen LogP contribution < -0.4 is 0 Å². The van der Waals surface area contributed by atoms with Crippen LogP contribution in [0.1, 0.15) is 75.5 Å². The zero-order valence-electron chi connectivity index (χ0n) is 21.9. The molecule has 0 atom stereocenters. The van der Waals surface area contributed by atoms with Gasteiger partial charge >= 0.3 is 6.18 Å². The monoisotopic (exact) mass is 527 g/mol. The highest BCUT2D eigenvalue weighted by atomic mass is 19.4. The maximum absolute atomic E-state index is 13.8. The molecule has 0 unspecified atom stereocenters. The molecule has 10 heteroatoms. The van der Waals surface area contributed by atoms with Crippen molar-refractivity contribution in [3.8, 4) is 11.3 Å². The average molecular weight is 528 g/mol. The molecule has 1 saturated heterocycles. The van der Waals surface area contributed by atoms with Crippen LogP contribution in [0.25, 0.3) is 27.8 Å². The lowest BCUT2D eigenvalue weighted by atomic mass is 9.87. The molecule has 2 N–H and O–H groups in total. The van der Waals surface area contributed by atoms with E-state index in [0.717, 1.165) is 47.3 Å². The van der Waals surface area contributed by atoms with Crippen molar-refractivity contribution in [3.63, 3.8) is 0 Å². The normalized spacial score (nSPS) is 15.8. The smallest absolute Gasteiger partial charge is 0.390 e. The number of hydrogen-bond acceptors (Lipinski definition) is 4. The summed E-state index contributed by atoms with van der Waals surface area (Å²) in [5.41, 5.74) is 1.92. The van der Waals surface area contributed by atoms with E-state index >= 15 is 0 Å². The number of aliphatic hydroxyl groups is 1. The number of nitrogens with zero attached hydrogens (tertiary/aromatic N) is 4. The van der Waals surface area contributed by atoms with Gasteiger partial charge in [0, 0.05) is 35.8 Å². The van der Waals surface area contributed by atoms with E-state index in [4.69, 9.17) is 0 Å². The molecule has 1 aromatic carbocycles. The maximum atomic E-state index is 13.8. The largest absolute Gasteiger partial charge is 0.420 e. The van der Waals surface area contributed by atoms with Crippen molar-refractivity contribution in [1.82, 2.24) is 24.5 Å². The second-order valence-electron chi connectivity index (χ2n) is 11.2. The van der Waals surface area contributed by atoms with Crippen LogP contribution in [0.2, 0.25) is 0 Å². The predicted octanol–water partition coefficient (Wildman–Crippen LogP) is 5.89. The Kier molecular flexibility index (Phi) is 6.49. The molecule has 0 aliphatic carbocycles. The minimum atomic E-state index is -4.56. The van der Waals surface area contributed by atoms with Gasteiger partial charge in [0.15, 0.2) is 5.65 Å².